The first-order valence-electron chi connectivity index (χ1n) is 8.56. The first-order valence-corrected chi connectivity index (χ1v) is 8.94. The Balaban J connectivity index is 1.59. The number of anilines is 1. The first kappa shape index (κ1) is 16.6. The van der Waals surface area contributed by atoms with Crippen LogP contribution in [0.5, 0.6) is 0 Å². The highest BCUT2D eigenvalue weighted by Gasteiger charge is 2.31. The first-order chi connectivity index (χ1) is 11.2. The van der Waals surface area contributed by atoms with Gasteiger partial charge in [0.25, 0.3) is 0 Å². The highest BCUT2D eigenvalue weighted by molar-refractivity contribution is 6.33. The predicted molar refractivity (Wildman–Crippen MR) is 92.6 cm³/mol. The minimum Gasteiger partial charge on any atom is -0.391 e. The summed E-state index contributed by atoms with van der Waals surface area (Å²) < 4.78 is 0. The third-order valence-corrected chi connectivity index (χ3v) is 5.49. The summed E-state index contributed by atoms with van der Waals surface area (Å²) in [5.41, 5.74) is 1.36. The molecule has 1 saturated carbocycles. The average Bonchev–Trinajstić information content (AvgIpc) is 2.58. The Hall–Kier alpha value is -1.28. The van der Waals surface area contributed by atoms with Gasteiger partial charge in [0, 0.05) is 25.2 Å². The fraction of sp³-hybridized carbons (Fsp3) is 0.611. The molecule has 124 valence electrons. The van der Waals surface area contributed by atoms with Crippen molar-refractivity contribution in [3.05, 3.63) is 28.8 Å². The molecule has 0 radical (unpaired) electrons. The molecule has 1 aromatic carbocycles. The van der Waals surface area contributed by atoms with Gasteiger partial charge >= 0.3 is 0 Å². The number of benzene rings is 1. The smallest absolute Gasteiger partial charge is 0.101 e. The van der Waals surface area contributed by atoms with Crippen molar-refractivity contribution >= 4 is 17.3 Å². The van der Waals surface area contributed by atoms with E-state index in [2.05, 4.69) is 16.3 Å². The van der Waals surface area contributed by atoms with Crippen LogP contribution in [-0.2, 0) is 0 Å². The zero-order valence-electron chi connectivity index (χ0n) is 13.3. The summed E-state index contributed by atoms with van der Waals surface area (Å²) in [6.45, 7) is 1.98. The molecule has 1 aliphatic carbocycles. The number of para-hydroxylation sites is 1. The molecule has 2 N–H and O–H groups in total. The van der Waals surface area contributed by atoms with E-state index in [-0.39, 0.29) is 6.10 Å². The molecule has 2 unspecified atom stereocenters. The van der Waals surface area contributed by atoms with Crippen LogP contribution in [0.2, 0.25) is 5.02 Å². The van der Waals surface area contributed by atoms with Crippen molar-refractivity contribution in [2.24, 2.45) is 0 Å². The van der Waals surface area contributed by atoms with Crippen molar-refractivity contribution < 1.29 is 5.11 Å². The molecule has 0 bridgehead atoms. The Bertz CT molecular complexity index is 578. The standard InChI is InChI=1S/C18H24ClN3O/c19-15-5-3-4-13(12-20)18(15)21-14-8-10-22(11-9-14)16-6-1-2-7-17(16)23/h3-5,14,16-17,21,23H,1-2,6-11H2. The van der Waals surface area contributed by atoms with Crippen molar-refractivity contribution in [3.63, 3.8) is 0 Å². The van der Waals surface area contributed by atoms with Crippen molar-refractivity contribution in [1.82, 2.24) is 4.90 Å². The lowest BCUT2D eigenvalue weighted by Crippen LogP contribution is -2.50. The van der Waals surface area contributed by atoms with E-state index in [0.29, 0.717) is 22.7 Å². The van der Waals surface area contributed by atoms with E-state index in [1.807, 2.05) is 6.07 Å². The highest BCUT2D eigenvalue weighted by Crippen LogP contribution is 2.30. The van der Waals surface area contributed by atoms with Crippen LogP contribution < -0.4 is 5.32 Å². The van der Waals surface area contributed by atoms with Gasteiger partial charge in [-0.3, -0.25) is 4.90 Å². The Labute approximate surface area is 143 Å². The van der Waals surface area contributed by atoms with E-state index in [1.165, 1.54) is 6.42 Å². The molecule has 0 spiro atoms. The summed E-state index contributed by atoms with van der Waals surface area (Å²) in [5.74, 6) is 0. The molecular weight excluding hydrogens is 310 g/mol. The number of aliphatic hydroxyl groups excluding tert-OH is 1. The van der Waals surface area contributed by atoms with E-state index in [4.69, 9.17) is 11.6 Å². The highest BCUT2D eigenvalue weighted by atomic mass is 35.5. The molecule has 23 heavy (non-hydrogen) atoms. The van der Waals surface area contributed by atoms with Gasteiger partial charge in [0.1, 0.15) is 6.07 Å². The number of nitriles is 1. The molecule has 1 aliphatic heterocycles. The third-order valence-electron chi connectivity index (χ3n) is 5.18. The fourth-order valence-electron chi connectivity index (χ4n) is 3.86. The summed E-state index contributed by atoms with van der Waals surface area (Å²) in [6, 6.07) is 8.28. The van der Waals surface area contributed by atoms with E-state index < -0.39 is 0 Å². The van der Waals surface area contributed by atoms with Gasteiger partial charge < -0.3 is 10.4 Å². The van der Waals surface area contributed by atoms with E-state index >= 15 is 0 Å². The number of hydrogen-bond acceptors (Lipinski definition) is 4. The van der Waals surface area contributed by atoms with Crippen LogP contribution in [0.15, 0.2) is 18.2 Å². The van der Waals surface area contributed by atoms with Gasteiger partial charge in [-0.2, -0.15) is 5.26 Å². The molecule has 3 rings (SSSR count). The van der Waals surface area contributed by atoms with Crippen LogP contribution in [0.4, 0.5) is 5.69 Å². The zero-order chi connectivity index (χ0) is 16.2. The maximum atomic E-state index is 10.2. The second kappa shape index (κ2) is 7.53. The van der Waals surface area contributed by atoms with Gasteiger partial charge in [-0.1, -0.05) is 30.5 Å². The lowest BCUT2D eigenvalue weighted by Gasteiger charge is -2.41. The Morgan fingerprint density at radius 3 is 2.61 bits per heavy atom. The molecule has 2 atom stereocenters. The maximum Gasteiger partial charge on any atom is 0.101 e. The number of hydrogen-bond donors (Lipinski definition) is 2. The molecular formula is C18H24ClN3O. The largest absolute Gasteiger partial charge is 0.391 e. The van der Waals surface area contributed by atoms with Gasteiger partial charge in [0.15, 0.2) is 0 Å². The van der Waals surface area contributed by atoms with Crippen LogP contribution in [0, 0.1) is 11.3 Å². The quantitative estimate of drug-likeness (QED) is 0.890. The van der Waals surface area contributed by atoms with E-state index in [0.717, 1.165) is 50.9 Å². The van der Waals surface area contributed by atoms with E-state index in [1.54, 1.807) is 12.1 Å². The Morgan fingerprint density at radius 2 is 1.91 bits per heavy atom. The molecule has 0 amide bonds. The fourth-order valence-corrected chi connectivity index (χ4v) is 4.09. The average molecular weight is 334 g/mol. The summed E-state index contributed by atoms with van der Waals surface area (Å²) in [6.07, 6.45) is 6.29. The van der Waals surface area contributed by atoms with Crippen molar-refractivity contribution in [3.8, 4) is 6.07 Å². The number of likely N-dealkylation sites (tertiary alicyclic amines) is 1. The molecule has 1 heterocycles. The van der Waals surface area contributed by atoms with Crippen molar-refractivity contribution in [2.45, 2.75) is 56.7 Å². The molecule has 2 fully saturated rings. The van der Waals surface area contributed by atoms with Crippen LogP contribution in [0.1, 0.15) is 44.1 Å². The summed E-state index contributed by atoms with van der Waals surface area (Å²) in [7, 11) is 0. The molecule has 5 heteroatoms. The maximum absolute atomic E-state index is 10.2. The van der Waals surface area contributed by atoms with Crippen LogP contribution in [0.3, 0.4) is 0 Å². The van der Waals surface area contributed by atoms with Gasteiger partial charge in [0.05, 0.1) is 22.4 Å². The van der Waals surface area contributed by atoms with Gasteiger partial charge in [-0.15, -0.1) is 0 Å². The summed E-state index contributed by atoms with van der Waals surface area (Å²) in [5, 5.41) is 23.5. The number of halogens is 1. The second-order valence-electron chi connectivity index (χ2n) is 6.65. The molecule has 1 aromatic rings. The monoisotopic (exact) mass is 333 g/mol. The molecule has 4 nitrogen and oxygen atoms in total. The SMILES string of the molecule is N#Cc1cccc(Cl)c1NC1CCN(C2CCCCC2O)CC1. The van der Waals surface area contributed by atoms with E-state index in [9.17, 15) is 10.4 Å². The Morgan fingerprint density at radius 1 is 1.17 bits per heavy atom. The van der Waals surface area contributed by atoms with Crippen molar-refractivity contribution in [2.75, 3.05) is 18.4 Å². The van der Waals surface area contributed by atoms with Gasteiger partial charge in [-0.05, 0) is 37.8 Å². The number of aliphatic hydroxyl groups is 1. The lowest BCUT2D eigenvalue weighted by atomic mass is 9.89. The van der Waals surface area contributed by atoms with Crippen LogP contribution in [0.25, 0.3) is 0 Å². The number of rotatable bonds is 3. The summed E-state index contributed by atoms with van der Waals surface area (Å²) >= 11 is 6.24. The van der Waals surface area contributed by atoms with Crippen LogP contribution in [-0.4, -0.2) is 41.3 Å². The number of nitrogens with one attached hydrogen (secondary N) is 1. The predicted octanol–water partition coefficient (Wildman–Crippen LogP) is 3.39. The second-order valence-corrected chi connectivity index (χ2v) is 7.06. The topological polar surface area (TPSA) is 59.3 Å². The molecule has 1 saturated heterocycles. The summed E-state index contributed by atoms with van der Waals surface area (Å²) in [4.78, 5) is 2.44. The van der Waals surface area contributed by atoms with Crippen LogP contribution >= 0.6 is 11.6 Å². The molecule has 0 aromatic heterocycles. The Kier molecular flexibility index (Phi) is 5.42. The normalized spacial score (nSPS) is 26.7. The van der Waals surface area contributed by atoms with Gasteiger partial charge in [0.2, 0.25) is 0 Å². The minimum atomic E-state index is -0.165. The zero-order valence-corrected chi connectivity index (χ0v) is 14.1. The van der Waals surface area contributed by atoms with Crippen molar-refractivity contribution in [1.29, 1.82) is 5.26 Å². The number of piperidine rings is 1. The number of nitrogens with zero attached hydrogens (tertiary/aromatic N) is 2. The molecule has 2 aliphatic rings. The lowest BCUT2D eigenvalue weighted by molar-refractivity contribution is 0.00994. The minimum absolute atomic E-state index is 0.165. The third kappa shape index (κ3) is 3.80. The van der Waals surface area contributed by atoms with Gasteiger partial charge in [-0.25, -0.2) is 0 Å².